The number of carbonyl (C=O) groups excluding carboxylic acids is 1. The van der Waals surface area contributed by atoms with Crippen LogP contribution in [0.1, 0.15) is 52.0 Å². The molecule has 1 N–H and O–H groups in total. The minimum Gasteiger partial charge on any atom is -0.326 e. The zero-order valence-electron chi connectivity index (χ0n) is 13.3. The number of nitrogens with one attached hydrogen (secondary N) is 1. The summed E-state index contributed by atoms with van der Waals surface area (Å²) in [7, 11) is 0. The Hall–Kier alpha value is -0.830. The van der Waals surface area contributed by atoms with Gasteiger partial charge in [0.25, 0.3) is 0 Å². The Labute approximate surface area is 136 Å². The number of benzene rings is 1. The van der Waals surface area contributed by atoms with Gasteiger partial charge in [-0.2, -0.15) is 0 Å². The molecule has 116 valence electrons. The zero-order chi connectivity index (χ0) is 15.5. The second-order valence-electron chi connectivity index (χ2n) is 7.23. The molecule has 0 heterocycles. The summed E-state index contributed by atoms with van der Waals surface area (Å²) in [6.07, 6.45) is 4.38. The number of hydrogen-bond acceptors (Lipinski definition) is 1. The van der Waals surface area contributed by atoms with Crippen LogP contribution in [-0.2, 0) is 10.1 Å². The molecule has 1 saturated carbocycles. The summed E-state index contributed by atoms with van der Waals surface area (Å²) >= 11 is 3.43. The molecule has 0 saturated heterocycles. The SMILES string of the molecule is CC(C)(C)C1CCC(C(=O)Nc2ccc(CBr)cc2)CC1. The van der Waals surface area contributed by atoms with Gasteiger partial charge in [0.05, 0.1) is 0 Å². The quantitative estimate of drug-likeness (QED) is 0.728. The third-order valence-corrected chi connectivity index (χ3v) is 5.35. The molecule has 21 heavy (non-hydrogen) atoms. The molecule has 0 atom stereocenters. The lowest BCUT2D eigenvalue weighted by atomic mass is 9.69. The van der Waals surface area contributed by atoms with Crippen molar-refractivity contribution in [2.75, 3.05) is 5.32 Å². The fourth-order valence-corrected chi connectivity index (χ4v) is 3.52. The molecule has 0 aromatic heterocycles. The van der Waals surface area contributed by atoms with Gasteiger partial charge in [0.1, 0.15) is 0 Å². The highest BCUT2D eigenvalue weighted by molar-refractivity contribution is 9.08. The Bertz CT molecular complexity index is 467. The van der Waals surface area contributed by atoms with Gasteiger partial charge < -0.3 is 5.32 Å². The largest absolute Gasteiger partial charge is 0.326 e. The zero-order valence-corrected chi connectivity index (χ0v) is 14.9. The summed E-state index contributed by atoms with van der Waals surface area (Å²) in [6.45, 7) is 6.93. The van der Waals surface area contributed by atoms with Crippen LogP contribution in [0.4, 0.5) is 5.69 Å². The molecular formula is C18H26BrNO. The molecule has 1 aromatic rings. The Morgan fingerprint density at radius 2 is 1.71 bits per heavy atom. The smallest absolute Gasteiger partial charge is 0.227 e. The van der Waals surface area contributed by atoms with Crippen molar-refractivity contribution >= 4 is 27.5 Å². The van der Waals surface area contributed by atoms with E-state index in [-0.39, 0.29) is 11.8 Å². The average Bonchev–Trinajstić information content (AvgIpc) is 2.47. The molecule has 1 aliphatic rings. The number of hydrogen-bond donors (Lipinski definition) is 1. The van der Waals surface area contributed by atoms with Gasteiger partial charge in [0, 0.05) is 16.9 Å². The van der Waals surface area contributed by atoms with Gasteiger partial charge in [-0.05, 0) is 54.7 Å². The first kappa shape index (κ1) is 16.5. The molecule has 1 amide bonds. The molecule has 0 aliphatic heterocycles. The lowest BCUT2D eigenvalue weighted by molar-refractivity contribution is -0.121. The molecule has 3 heteroatoms. The number of carbonyl (C=O) groups is 1. The molecular weight excluding hydrogens is 326 g/mol. The van der Waals surface area contributed by atoms with Gasteiger partial charge in [0.2, 0.25) is 5.91 Å². The second kappa shape index (κ2) is 6.95. The summed E-state index contributed by atoms with van der Waals surface area (Å²) in [4.78, 5) is 12.4. The molecule has 1 fully saturated rings. The summed E-state index contributed by atoms with van der Waals surface area (Å²) in [5.74, 6) is 1.12. The lowest BCUT2D eigenvalue weighted by Crippen LogP contribution is -2.31. The Morgan fingerprint density at radius 1 is 1.14 bits per heavy atom. The van der Waals surface area contributed by atoms with Crippen LogP contribution >= 0.6 is 15.9 Å². The summed E-state index contributed by atoms with van der Waals surface area (Å²) in [5, 5.41) is 3.91. The average molecular weight is 352 g/mol. The van der Waals surface area contributed by atoms with Gasteiger partial charge in [-0.1, -0.05) is 48.8 Å². The summed E-state index contributed by atoms with van der Waals surface area (Å²) in [5.41, 5.74) is 2.49. The molecule has 1 aliphatic carbocycles. The van der Waals surface area contributed by atoms with E-state index in [1.54, 1.807) is 0 Å². The van der Waals surface area contributed by atoms with Crippen LogP contribution in [0.25, 0.3) is 0 Å². The van der Waals surface area contributed by atoms with Crippen molar-refractivity contribution in [1.82, 2.24) is 0 Å². The van der Waals surface area contributed by atoms with E-state index in [1.807, 2.05) is 24.3 Å². The van der Waals surface area contributed by atoms with Crippen molar-refractivity contribution in [3.63, 3.8) is 0 Å². The standard InChI is InChI=1S/C18H26BrNO/c1-18(2,3)15-8-6-14(7-9-15)17(21)20-16-10-4-13(12-19)5-11-16/h4-5,10-11,14-15H,6-9,12H2,1-3H3,(H,20,21). The number of alkyl halides is 1. The predicted octanol–water partition coefficient (Wildman–Crippen LogP) is 5.37. The van der Waals surface area contributed by atoms with Crippen LogP contribution in [0.5, 0.6) is 0 Å². The minimum atomic E-state index is 0.180. The molecule has 0 radical (unpaired) electrons. The molecule has 0 unspecified atom stereocenters. The maximum atomic E-state index is 12.4. The molecule has 2 nitrogen and oxygen atoms in total. The topological polar surface area (TPSA) is 29.1 Å². The van der Waals surface area contributed by atoms with Gasteiger partial charge in [0.15, 0.2) is 0 Å². The highest BCUT2D eigenvalue weighted by atomic mass is 79.9. The minimum absolute atomic E-state index is 0.180. The molecule has 2 rings (SSSR count). The van der Waals surface area contributed by atoms with E-state index in [0.29, 0.717) is 5.41 Å². The van der Waals surface area contributed by atoms with Crippen LogP contribution in [-0.4, -0.2) is 5.91 Å². The monoisotopic (exact) mass is 351 g/mol. The molecule has 0 spiro atoms. The van der Waals surface area contributed by atoms with E-state index in [0.717, 1.165) is 29.8 Å². The van der Waals surface area contributed by atoms with Crippen LogP contribution in [0.15, 0.2) is 24.3 Å². The maximum Gasteiger partial charge on any atom is 0.227 e. The van der Waals surface area contributed by atoms with E-state index in [9.17, 15) is 4.79 Å². The van der Waals surface area contributed by atoms with Crippen molar-refractivity contribution in [2.24, 2.45) is 17.3 Å². The molecule has 1 aromatic carbocycles. The second-order valence-corrected chi connectivity index (χ2v) is 7.80. The Kier molecular flexibility index (Phi) is 5.48. The van der Waals surface area contributed by atoms with E-state index in [4.69, 9.17) is 0 Å². The Balaban J connectivity index is 1.87. The highest BCUT2D eigenvalue weighted by Crippen LogP contribution is 2.40. The van der Waals surface area contributed by atoms with Crippen molar-refractivity contribution in [3.05, 3.63) is 29.8 Å². The maximum absolute atomic E-state index is 12.4. The van der Waals surface area contributed by atoms with Gasteiger partial charge in [-0.25, -0.2) is 0 Å². The van der Waals surface area contributed by atoms with Crippen molar-refractivity contribution < 1.29 is 4.79 Å². The Morgan fingerprint density at radius 3 is 2.19 bits per heavy atom. The first-order chi connectivity index (χ1) is 9.90. The van der Waals surface area contributed by atoms with Crippen molar-refractivity contribution in [2.45, 2.75) is 51.8 Å². The molecule has 0 bridgehead atoms. The van der Waals surface area contributed by atoms with Crippen LogP contribution in [0.2, 0.25) is 0 Å². The highest BCUT2D eigenvalue weighted by Gasteiger charge is 2.32. The van der Waals surface area contributed by atoms with Crippen LogP contribution < -0.4 is 5.32 Å². The van der Waals surface area contributed by atoms with Crippen molar-refractivity contribution in [3.8, 4) is 0 Å². The number of amides is 1. The fraction of sp³-hybridized carbons (Fsp3) is 0.611. The van der Waals surface area contributed by atoms with E-state index in [1.165, 1.54) is 18.4 Å². The third kappa shape index (κ3) is 4.57. The van der Waals surface area contributed by atoms with Gasteiger partial charge >= 0.3 is 0 Å². The first-order valence-electron chi connectivity index (χ1n) is 7.86. The normalized spacial score (nSPS) is 22.9. The van der Waals surface area contributed by atoms with E-state index < -0.39 is 0 Å². The number of anilines is 1. The van der Waals surface area contributed by atoms with Crippen molar-refractivity contribution in [1.29, 1.82) is 0 Å². The summed E-state index contributed by atoms with van der Waals surface area (Å²) in [6, 6.07) is 8.05. The van der Waals surface area contributed by atoms with Crippen LogP contribution in [0.3, 0.4) is 0 Å². The van der Waals surface area contributed by atoms with Gasteiger partial charge in [-0.3, -0.25) is 4.79 Å². The van der Waals surface area contributed by atoms with E-state index >= 15 is 0 Å². The van der Waals surface area contributed by atoms with E-state index in [2.05, 4.69) is 42.0 Å². The fourth-order valence-electron chi connectivity index (χ4n) is 3.14. The lowest BCUT2D eigenvalue weighted by Gasteiger charge is -2.36. The first-order valence-corrected chi connectivity index (χ1v) is 8.98. The number of halogens is 1. The van der Waals surface area contributed by atoms with Gasteiger partial charge in [-0.15, -0.1) is 0 Å². The predicted molar refractivity (Wildman–Crippen MR) is 92.6 cm³/mol. The third-order valence-electron chi connectivity index (χ3n) is 4.70. The van der Waals surface area contributed by atoms with Crippen LogP contribution in [0, 0.1) is 17.3 Å². The summed E-state index contributed by atoms with van der Waals surface area (Å²) < 4.78 is 0. The number of rotatable bonds is 3.